The van der Waals surface area contributed by atoms with Gasteiger partial charge in [0, 0.05) is 17.7 Å². The third kappa shape index (κ3) is 3.74. The number of nitrogens with zero attached hydrogens (tertiary/aromatic N) is 1. The first-order valence-corrected chi connectivity index (χ1v) is 5.26. The number of hydrogen-bond donors (Lipinski definition) is 1. The molecule has 0 heterocycles. The number of hydrogen-bond acceptors (Lipinski definition) is 4. The molecule has 0 saturated carbocycles. The number of carboxylic acids is 1. The van der Waals surface area contributed by atoms with E-state index >= 15 is 0 Å². The molecule has 0 spiro atoms. The van der Waals surface area contributed by atoms with E-state index in [1.807, 2.05) is 0 Å². The van der Waals surface area contributed by atoms with Gasteiger partial charge in [-0.25, -0.2) is 4.79 Å². The summed E-state index contributed by atoms with van der Waals surface area (Å²) in [4.78, 5) is 20.4. The Hall–Kier alpha value is -2.08. The first-order valence-electron chi connectivity index (χ1n) is 4.88. The fourth-order valence-electron chi connectivity index (χ4n) is 1.08. The van der Waals surface area contributed by atoms with Crippen LogP contribution in [0.25, 0.3) is 0 Å². The third-order valence-corrected chi connectivity index (χ3v) is 2.40. The van der Waals surface area contributed by atoms with E-state index in [9.17, 15) is 14.9 Å². The Labute approximate surface area is 108 Å². The molecular weight excluding hydrogens is 262 g/mol. The van der Waals surface area contributed by atoms with Crippen LogP contribution in [0, 0.1) is 10.1 Å². The summed E-state index contributed by atoms with van der Waals surface area (Å²) < 4.78 is 5.20. The van der Waals surface area contributed by atoms with E-state index in [0.717, 1.165) is 0 Å². The number of halogens is 1. The van der Waals surface area contributed by atoms with Crippen molar-refractivity contribution in [1.82, 2.24) is 0 Å². The molecule has 0 aromatic heterocycles. The second kappa shape index (κ2) is 6.02. The molecule has 0 bridgehead atoms. The van der Waals surface area contributed by atoms with Crippen LogP contribution in [-0.4, -0.2) is 22.6 Å². The maximum Gasteiger partial charge on any atom is 0.331 e. The van der Waals surface area contributed by atoms with E-state index in [4.69, 9.17) is 21.4 Å². The van der Waals surface area contributed by atoms with Crippen molar-refractivity contribution in [2.45, 2.75) is 6.92 Å². The third-order valence-electron chi connectivity index (χ3n) is 2.09. The van der Waals surface area contributed by atoms with Gasteiger partial charge in [-0.2, -0.15) is 0 Å². The number of benzene rings is 1. The van der Waals surface area contributed by atoms with Crippen molar-refractivity contribution in [3.8, 4) is 5.75 Å². The van der Waals surface area contributed by atoms with Crippen molar-refractivity contribution in [3.05, 3.63) is 45.0 Å². The topological polar surface area (TPSA) is 89.7 Å². The molecule has 1 aromatic carbocycles. The minimum atomic E-state index is -1.03. The van der Waals surface area contributed by atoms with E-state index in [-0.39, 0.29) is 22.9 Å². The number of carbonyl (C=O) groups is 1. The maximum absolute atomic E-state index is 10.5. The SMILES string of the molecule is CC(=CCOc1ccc([N+](=O)[O-])c(Cl)c1)C(=O)O. The van der Waals surface area contributed by atoms with Gasteiger partial charge < -0.3 is 9.84 Å². The van der Waals surface area contributed by atoms with Crippen LogP contribution in [-0.2, 0) is 4.79 Å². The van der Waals surface area contributed by atoms with Crippen LogP contribution in [0.5, 0.6) is 5.75 Å². The van der Waals surface area contributed by atoms with E-state index in [0.29, 0.717) is 5.75 Å². The van der Waals surface area contributed by atoms with Crippen LogP contribution in [0.3, 0.4) is 0 Å². The lowest BCUT2D eigenvalue weighted by molar-refractivity contribution is -0.384. The number of nitro benzene ring substituents is 1. The van der Waals surface area contributed by atoms with Gasteiger partial charge in [-0.15, -0.1) is 0 Å². The van der Waals surface area contributed by atoms with Gasteiger partial charge in [0.2, 0.25) is 0 Å². The highest BCUT2D eigenvalue weighted by Gasteiger charge is 2.12. The first-order chi connectivity index (χ1) is 8.41. The lowest BCUT2D eigenvalue weighted by Crippen LogP contribution is -2.01. The second-order valence-electron chi connectivity index (χ2n) is 3.37. The number of aliphatic carboxylic acids is 1. The van der Waals surface area contributed by atoms with Crippen LogP contribution < -0.4 is 4.74 Å². The van der Waals surface area contributed by atoms with Crippen molar-refractivity contribution < 1.29 is 19.6 Å². The van der Waals surface area contributed by atoms with E-state index in [1.54, 1.807) is 0 Å². The zero-order valence-corrected chi connectivity index (χ0v) is 10.2. The molecule has 1 rings (SSSR count). The summed E-state index contributed by atoms with van der Waals surface area (Å²) in [6, 6.07) is 3.93. The molecule has 1 aromatic rings. The molecule has 0 radical (unpaired) electrons. The normalized spacial score (nSPS) is 11.1. The molecule has 0 saturated heterocycles. The highest BCUT2D eigenvalue weighted by molar-refractivity contribution is 6.32. The largest absolute Gasteiger partial charge is 0.489 e. The Balaban J connectivity index is 2.70. The number of rotatable bonds is 5. The molecule has 7 heteroatoms. The average molecular weight is 272 g/mol. The summed E-state index contributed by atoms with van der Waals surface area (Å²) >= 11 is 5.69. The van der Waals surface area contributed by atoms with E-state index < -0.39 is 10.9 Å². The minimum Gasteiger partial charge on any atom is -0.489 e. The number of ether oxygens (including phenoxy) is 1. The summed E-state index contributed by atoms with van der Waals surface area (Å²) in [5.74, 6) is -0.694. The Morgan fingerprint density at radius 3 is 2.78 bits per heavy atom. The van der Waals surface area contributed by atoms with Gasteiger partial charge >= 0.3 is 5.97 Å². The van der Waals surface area contributed by atoms with E-state index in [1.165, 1.54) is 31.2 Å². The molecular formula is C11H10ClNO5. The van der Waals surface area contributed by atoms with Crippen molar-refractivity contribution >= 4 is 23.3 Å². The van der Waals surface area contributed by atoms with Crippen molar-refractivity contribution in [2.75, 3.05) is 6.61 Å². The zero-order chi connectivity index (χ0) is 13.7. The highest BCUT2D eigenvalue weighted by Crippen LogP contribution is 2.28. The average Bonchev–Trinajstić information content (AvgIpc) is 2.28. The zero-order valence-electron chi connectivity index (χ0n) is 9.42. The smallest absolute Gasteiger partial charge is 0.331 e. The minimum absolute atomic E-state index is 0.0311. The predicted octanol–water partition coefficient (Wildman–Crippen LogP) is 2.66. The van der Waals surface area contributed by atoms with E-state index in [2.05, 4.69) is 0 Å². The first kappa shape index (κ1) is 14.0. The van der Waals surface area contributed by atoms with Gasteiger partial charge in [-0.3, -0.25) is 10.1 Å². The van der Waals surface area contributed by atoms with Crippen LogP contribution in [0.2, 0.25) is 5.02 Å². The van der Waals surface area contributed by atoms with Crippen LogP contribution >= 0.6 is 11.6 Å². The monoisotopic (exact) mass is 271 g/mol. The molecule has 18 heavy (non-hydrogen) atoms. The quantitative estimate of drug-likeness (QED) is 0.505. The maximum atomic E-state index is 10.5. The Morgan fingerprint density at radius 1 is 1.61 bits per heavy atom. The standard InChI is InChI=1S/C11H10ClNO5/c1-7(11(14)15)4-5-18-8-2-3-10(13(16)17)9(12)6-8/h2-4,6H,5H2,1H3,(H,14,15). The molecule has 0 amide bonds. The van der Waals surface area contributed by atoms with Crippen LogP contribution in [0.4, 0.5) is 5.69 Å². The summed E-state index contributed by atoms with van der Waals surface area (Å²) in [6.07, 6.45) is 1.39. The van der Waals surface area contributed by atoms with Crippen LogP contribution in [0.15, 0.2) is 29.8 Å². The summed E-state index contributed by atoms with van der Waals surface area (Å²) in [7, 11) is 0. The Morgan fingerprint density at radius 2 is 2.28 bits per heavy atom. The number of nitro groups is 1. The second-order valence-corrected chi connectivity index (χ2v) is 3.78. The molecule has 0 fully saturated rings. The molecule has 1 N–H and O–H groups in total. The summed E-state index contributed by atoms with van der Waals surface area (Å²) in [6.45, 7) is 1.49. The molecule has 0 unspecified atom stereocenters. The Bertz CT molecular complexity index is 512. The number of carboxylic acid groups (broad SMARTS) is 1. The van der Waals surface area contributed by atoms with Crippen molar-refractivity contribution in [1.29, 1.82) is 0 Å². The van der Waals surface area contributed by atoms with Crippen molar-refractivity contribution in [3.63, 3.8) is 0 Å². The van der Waals surface area contributed by atoms with Gasteiger partial charge in [-0.05, 0) is 19.1 Å². The van der Waals surface area contributed by atoms with Gasteiger partial charge in [-0.1, -0.05) is 11.6 Å². The highest BCUT2D eigenvalue weighted by atomic mass is 35.5. The fraction of sp³-hybridized carbons (Fsp3) is 0.182. The summed E-state index contributed by atoms with van der Waals surface area (Å²) in [5.41, 5.74) is -0.0516. The lowest BCUT2D eigenvalue weighted by atomic mass is 10.3. The molecule has 0 aliphatic rings. The van der Waals surface area contributed by atoms with Gasteiger partial charge in [0.25, 0.3) is 5.69 Å². The molecule has 0 aliphatic carbocycles. The molecule has 0 aliphatic heterocycles. The van der Waals surface area contributed by atoms with Gasteiger partial charge in [0.15, 0.2) is 0 Å². The predicted molar refractivity (Wildman–Crippen MR) is 65.0 cm³/mol. The molecule has 96 valence electrons. The van der Waals surface area contributed by atoms with Gasteiger partial charge in [0.05, 0.1) is 4.92 Å². The molecule has 0 atom stereocenters. The fourth-order valence-corrected chi connectivity index (χ4v) is 1.32. The Kier molecular flexibility index (Phi) is 4.67. The van der Waals surface area contributed by atoms with Gasteiger partial charge in [0.1, 0.15) is 17.4 Å². The van der Waals surface area contributed by atoms with Crippen molar-refractivity contribution in [2.24, 2.45) is 0 Å². The molecule has 6 nitrogen and oxygen atoms in total. The summed E-state index contributed by atoms with van der Waals surface area (Å²) in [5, 5.41) is 19.1. The van der Waals surface area contributed by atoms with Crippen LogP contribution in [0.1, 0.15) is 6.92 Å². The lowest BCUT2D eigenvalue weighted by Gasteiger charge is -2.04.